The zero-order valence-electron chi connectivity index (χ0n) is 13.9. The normalized spacial score (nSPS) is 10.0. The maximum absolute atomic E-state index is 12.9. The Morgan fingerprint density at radius 2 is 1.76 bits per heavy atom. The van der Waals surface area contributed by atoms with E-state index in [2.05, 4.69) is 6.07 Å². The van der Waals surface area contributed by atoms with Gasteiger partial charge in [0.2, 0.25) is 0 Å². The lowest BCUT2D eigenvalue weighted by Crippen LogP contribution is -2.32. The van der Waals surface area contributed by atoms with Crippen LogP contribution in [0.3, 0.4) is 0 Å². The summed E-state index contributed by atoms with van der Waals surface area (Å²) in [4.78, 5) is 25.3. The van der Waals surface area contributed by atoms with Crippen LogP contribution in [-0.4, -0.2) is 28.4 Å². The number of nitriles is 1. The number of carboxylic acid groups (broad SMARTS) is 1. The fraction of sp³-hybridized carbons (Fsp3) is 0.250. The smallest absolute Gasteiger partial charge is 0.303 e. The van der Waals surface area contributed by atoms with Crippen LogP contribution in [0.15, 0.2) is 54.6 Å². The number of amides is 1. The summed E-state index contributed by atoms with van der Waals surface area (Å²) in [6, 6.07) is 18.7. The van der Waals surface area contributed by atoms with Crippen LogP contribution in [0.5, 0.6) is 0 Å². The van der Waals surface area contributed by atoms with Crippen molar-refractivity contribution in [2.45, 2.75) is 25.8 Å². The molecule has 0 aliphatic heterocycles. The van der Waals surface area contributed by atoms with Crippen molar-refractivity contribution in [3.05, 3.63) is 71.3 Å². The first-order chi connectivity index (χ1) is 12.1. The monoisotopic (exact) mass is 336 g/mol. The lowest BCUT2D eigenvalue weighted by Gasteiger charge is -2.23. The Kier molecular flexibility index (Phi) is 6.73. The number of aliphatic carboxylic acids is 1. The van der Waals surface area contributed by atoms with E-state index in [-0.39, 0.29) is 18.7 Å². The number of rotatable bonds is 8. The van der Waals surface area contributed by atoms with Crippen LogP contribution in [-0.2, 0) is 17.8 Å². The highest BCUT2D eigenvalue weighted by Gasteiger charge is 2.17. The first kappa shape index (κ1) is 18.2. The molecule has 0 fully saturated rings. The molecular formula is C20H20N2O3. The maximum Gasteiger partial charge on any atom is 0.303 e. The number of carboxylic acids is 1. The molecule has 0 bridgehead atoms. The molecule has 0 aliphatic rings. The van der Waals surface area contributed by atoms with Crippen molar-refractivity contribution in [1.82, 2.24) is 4.90 Å². The van der Waals surface area contributed by atoms with Gasteiger partial charge in [0, 0.05) is 25.1 Å². The molecule has 0 aromatic heterocycles. The van der Waals surface area contributed by atoms with Gasteiger partial charge < -0.3 is 10.0 Å². The standard InChI is InChI=1S/C20H20N2O3/c21-12-11-16-8-4-9-18(14-16)20(25)22(13-5-10-19(23)24)15-17-6-2-1-3-7-17/h1-4,6-9,14H,5,10-11,13,15H2,(H,23,24). The summed E-state index contributed by atoms with van der Waals surface area (Å²) in [5, 5.41) is 17.7. The zero-order valence-corrected chi connectivity index (χ0v) is 13.9. The molecule has 0 saturated heterocycles. The average Bonchev–Trinajstić information content (AvgIpc) is 2.61. The van der Waals surface area contributed by atoms with Crippen molar-refractivity contribution in [3.8, 4) is 6.07 Å². The van der Waals surface area contributed by atoms with Gasteiger partial charge >= 0.3 is 5.97 Å². The second kappa shape index (κ2) is 9.24. The molecule has 2 aromatic carbocycles. The summed E-state index contributed by atoms with van der Waals surface area (Å²) in [6.45, 7) is 0.782. The SMILES string of the molecule is N#CCc1cccc(C(=O)N(CCCC(=O)O)Cc2ccccc2)c1. The van der Waals surface area contributed by atoms with E-state index in [4.69, 9.17) is 10.4 Å². The Labute approximate surface area is 147 Å². The Morgan fingerprint density at radius 1 is 1.04 bits per heavy atom. The van der Waals surface area contributed by atoms with Crippen molar-refractivity contribution >= 4 is 11.9 Å². The summed E-state index contributed by atoms with van der Waals surface area (Å²) >= 11 is 0. The van der Waals surface area contributed by atoms with Gasteiger partial charge in [-0.1, -0.05) is 42.5 Å². The highest BCUT2D eigenvalue weighted by Crippen LogP contribution is 2.13. The van der Waals surface area contributed by atoms with Crippen molar-refractivity contribution in [2.24, 2.45) is 0 Å². The molecule has 0 atom stereocenters. The molecule has 0 unspecified atom stereocenters. The minimum absolute atomic E-state index is 0.0209. The van der Waals surface area contributed by atoms with Crippen molar-refractivity contribution in [1.29, 1.82) is 5.26 Å². The molecule has 2 rings (SSSR count). The van der Waals surface area contributed by atoms with E-state index in [0.29, 0.717) is 25.1 Å². The molecule has 1 amide bonds. The van der Waals surface area contributed by atoms with Crippen molar-refractivity contribution < 1.29 is 14.7 Å². The van der Waals surface area contributed by atoms with E-state index in [1.54, 1.807) is 23.1 Å². The highest BCUT2D eigenvalue weighted by atomic mass is 16.4. The molecular weight excluding hydrogens is 316 g/mol. The number of hydrogen-bond donors (Lipinski definition) is 1. The molecule has 1 N–H and O–H groups in total. The summed E-state index contributed by atoms with van der Waals surface area (Å²) in [7, 11) is 0. The van der Waals surface area contributed by atoms with Gasteiger partial charge in [-0.2, -0.15) is 5.26 Å². The minimum atomic E-state index is -0.872. The Hall–Kier alpha value is -3.13. The van der Waals surface area contributed by atoms with Crippen LogP contribution in [0.2, 0.25) is 0 Å². The number of carbonyl (C=O) groups is 2. The predicted molar refractivity (Wildman–Crippen MR) is 93.8 cm³/mol. The predicted octanol–water partition coefficient (Wildman–Crippen LogP) is 3.26. The second-order valence-corrected chi connectivity index (χ2v) is 5.74. The van der Waals surface area contributed by atoms with E-state index >= 15 is 0 Å². The lowest BCUT2D eigenvalue weighted by molar-refractivity contribution is -0.137. The fourth-order valence-electron chi connectivity index (χ4n) is 2.57. The zero-order chi connectivity index (χ0) is 18.1. The molecule has 25 heavy (non-hydrogen) atoms. The summed E-state index contributed by atoms with van der Waals surface area (Å²) < 4.78 is 0. The summed E-state index contributed by atoms with van der Waals surface area (Å²) in [6.07, 6.45) is 0.664. The first-order valence-electron chi connectivity index (χ1n) is 8.11. The van der Waals surface area contributed by atoms with Gasteiger partial charge in [0.1, 0.15) is 0 Å². The molecule has 0 aliphatic carbocycles. The number of carbonyl (C=O) groups excluding carboxylic acids is 1. The average molecular weight is 336 g/mol. The molecule has 0 radical (unpaired) electrons. The highest BCUT2D eigenvalue weighted by molar-refractivity contribution is 5.94. The largest absolute Gasteiger partial charge is 0.481 e. The van der Waals surface area contributed by atoms with Gasteiger partial charge in [-0.25, -0.2) is 0 Å². The molecule has 0 saturated carbocycles. The Balaban J connectivity index is 2.17. The summed E-state index contributed by atoms with van der Waals surface area (Å²) in [5.41, 5.74) is 2.29. The van der Waals surface area contributed by atoms with Crippen LogP contribution in [0.25, 0.3) is 0 Å². The molecule has 2 aromatic rings. The van der Waals surface area contributed by atoms with Gasteiger partial charge in [-0.3, -0.25) is 9.59 Å². The van der Waals surface area contributed by atoms with Gasteiger partial charge in [0.15, 0.2) is 0 Å². The third-order valence-electron chi connectivity index (χ3n) is 3.78. The first-order valence-corrected chi connectivity index (χ1v) is 8.11. The number of benzene rings is 2. The minimum Gasteiger partial charge on any atom is -0.481 e. The topological polar surface area (TPSA) is 81.4 Å². The fourth-order valence-corrected chi connectivity index (χ4v) is 2.57. The van der Waals surface area contributed by atoms with Crippen molar-refractivity contribution in [3.63, 3.8) is 0 Å². The van der Waals surface area contributed by atoms with Gasteiger partial charge in [-0.15, -0.1) is 0 Å². The Bertz CT molecular complexity index is 766. The quantitative estimate of drug-likeness (QED) is 0.802. The van der Waals surface area contributed by atoms with Gasteiger partial charge in [0.05, 0.1) is 12.5 Å². The van der Waals surface area contributed by atoms with Crippen LogP contribution in [0.4, 0.5) is 0 Å². The van der Waals surface area contributed by atoms with Gasteiger partial charge in [-0.05, 0) is 29.7 Å². The molecule has 5 nitrogen and oxygen atoms in total. The molecule has 0 heterocycles. The molecule has 5 heteroatoms. The number of nitrogens with zero attached hydrogens (tertiary/aromatic N) is 2. The third kappa shape index (κ3) is 5.78. The van der Waals surface area contributed by atoms with Crippen LogP contribution < -0.4 is 0 Å². The molecule has 0 spiro atoms. The number of hydrogen-bond acceptors (Lipinski definition) is 3. The third-order valence-corrected chi connectivity index (χ3v) is 3.78. The van der Waals surface area contributed by atoms with Crippen molar-refractivity contribution in [2.75, 3.05) is 6.54 Å². The van der Waals surface area contributed by atoms with E-state index in [9.17, 15) is 9.59 Å². The van der Waals surface area contributed by atoms with Crippen LogP contribution >= 0.6 is 0 Å². The van der Waals surface area contributed by atoms with E-state index in [0.717, 1.165) is 11.1 Å². The summed E-state index contributed by atoms with van der Waals surface area (Å²) in [5.74, 6) is -1.03. The Morgan fingerprint density at radius 3 is 2.44 bits per heavy atom. The van der Waals surface area contributed by atoms with Crippen LogP contribution in [0, 0.1) is 11.3 Å². The molecule has 128 valence electrons. The van der Waals surface area contributed by atoms with Gasteiger partial charge in [0.25, 0.3) is 5.91 Å². The van der Waals surface area contributed by atoms with E-state index < -0.39 is 5.97 Å². The van der Waals surface area contributed by atoms with E-state index in [1.807, 2.05) is 36.4 Å². The van der Waals surface area contributed by atoms with E-state index in [1.165, 1.54) is 0 Å². The maximum atomic E-state index is 12.9. The lowest BCUT2D eigenvalue weighted by atomic mass is 10.1. The van der Waals surface area contributed by atoms with Crippen LogP contribution in [0.1, 0.15) is 34.3 Å². The second-order valence-electron chi connectivity index (χ2n) is 5.74.